The molecule has 0 spiro atoms. The molecule has 1 aromatic carbocycles. The van der Waals surface area contributed by atoms with Crippen LogP contribution in [0.15, 0.2) is 24.3 Å². The van der Waals surface area contributed by atoms with Crippen LogP contribution in [0.2, 0.25) is 0 Å². The van der Waals surface area contributed by atoms with Gasteiger partial charge < -0.3 is 14.2 Å². The first kappa shape index (κ1) is 9.49. The van der Waals surface area contributed by atoms with E-state index in [1.165, 1.54) is 0 Å². The van der Waals surface area contributed by atoms with Crippen molar-refractivity contribution in [3.63, 3.8) is 0 Å². The van der Waals surface area contributed by atoms with Crippen molar-refractivity contribution in [3.8, 4) is 5.75 Å². The first-order valence-electron chi connectivity index (χ1n) is 4.86. The van der Waals surface area contributed by atoms with Crippen molar-refractivity contribution in [1.29, 1.82) is 0 Å². The number of hydrogen-bond donors (Lipinski definition) is 0. The Kier molecular flexibility index (Phi) is 3.01. The topological polar surface area (TPSA) is 27.7 Å². The fraction of sp³-hybridized carbons (Fsp3) is 0.455. The Hall–Kier alpha value is -1.06. The van der Waals surface area contributed by atoms with Crippen molar-refractivity contribution >= 4 is 0 Å². The largest absolute Gasteiger partial charge is 0.493 e. The van der Waals surface area contributed by atoms with Crippen LogP contribution in [-0.2, 0) is 9.47 Å². The summed E-state index contributed by atoms with van der Waals surface area (Å²) >= 11 is 0. The second-order valence-corrected chi connectivity index (χ2v) is 3.04. The van der Waals surface area contributed by atoms with Gasteiger partial charge in [0.1, 0.15) is 5.75 Å². The van der Waals surface area contributed by atoms with E-state index in [0.29, 0.717) is 19.8 Å². The minimum atomic E-state index is -0.252. The van der Waals surface area contributed by atoms with E-state index in [4.69, 9.17) is 14.2 Å². The zero-order valence-corrected chi connectivity index (χ0v) is 8.23. The Bertz CT molecular complexity index is 292. The Labute approximate surface area is 83.6 Å². The van der Waals surface area contributed by atoms with Crippen molar-refractivity contribution in [2.45, 2.75) is 13.2 Å². The van der Waals surface area contributed by atoms with Crippen molar-refractivity contribution < 1.29 is 14.2 Å². The molecule has 0 N–H and O–H groups in total. The normalized spacial score (nSPS) is 17.2. The number of ether oxygens (including phenoxy) is 3. The average Bonchev–Trinajstić information content (AvgIpc) is 2.72. The molecule has 0 radical (unpaired) electrons. The van der Waals surface area contributed by atoms with E-state index in [9.17, 15) is 0 Å². The highest BCUT2D eigenvalue weighted by molar-refractivity contribution is 5.34. The number of benzene rings is 1. The zero-order valence-electron chi connectivity index (χ0n) is 8.23. The van der Waals surface area contributed by atoms with Crippen LogP contribution in [0.5, 0.6) is 5.75 Å². The van der Waals surface area contributed by atoms with E-state index in [1.54, 1.807) is 0 Å². The molecule has 14 heavy (non-hydrogen) atoms. The quantitative estimate of drug-likeness (QED) is 0.737. The van der Waals surface area contributed by atoms with Gasteiger partial charge in [-0.15, -0.1) is 0 Å². The molecule has 1 saturated heterocycles. The molecular weight excluding hydrogens is 180 g/mol. The first-order chi connectivity index (χ1) is 6.92. The van der Waals surface area contributed by atoms with Crippen LogP contribution in [0.4, 0.5) is 0 Å². The van der Waals surface area contributed by atoms with E-state index in [0.717, 1.165) is 11.3 Å². The first-order valence-corrected chi connectivity index (χ1v) is 4.86. The molecule has 0 unspecified atom stereocenters. The number of para-hydroxylation sites is 1. The van der Waals surface area contributed by atoms with Gasteiger partial charge in [-0.2, -0.15) is 0 Å². The molecule has 3 heteroatoms. The van der Waals surface area contributed by atoms with Gasteiger partial charge in [0.2, 0.25) is 0 Å². The van der Waals surface area contributed by atoms with E-state index >= 15 is 0 Å². The minimum Gasteiger partial charge on any atom is -0.493 e. The van der Waals surface area contributed by atoms with Gasteiger partial charge in [0.25, 0.3) is 0 Å². The highest BCUT2D eigenvalue weighted by Crippen LogP contribution is 2.30. The van der Waals surface area contributed by atoms with Crippen molar-refractivity contribution in [2.75, 3.05) is 19.8 Å². The maximum absolute atomic E-state index is 5.49. The van der Waals surface area contributed by atoms with Crippen LogP contribution in [0.25, 0.3) is 0 Å². The highest BCUT2D eigenvalue weighted by Gasteiger charge is 2.21. The maximum Gasteiger partial charge on any atom is 0.187 e. The molecule has 76 valence electrons. The van der Waals surface area contributed by atoms with E-state index < -0.39 is 0 Å². The molecule has 0 aromatic heterocycles. The lowest BCUT2D eigenvalue weighted by Gasteiger charge is -2.14. The SMILES string of the molecule is CCOc1ccccc1C1OCCO1. The van der Waals surface area contributed by atoms with Crippen LogP contribution in [0, 0.1) is 0 Å². The van der Waals surface area contributed by atoms with Gasteiger partial charge in [0, 0.05) is 5.56 Å². The second kappa shape index (κ2) is 4.44. The van der Waals surface area contributed by atoms with Gasteiger partial charge in [-0.1, -0.05) is 18.2 Å². The Morgan fingerprint density at radius 3 is 2.71 bits per heavy atom. The maximum atomic E-state index is 5.49. The zero-order chi connectivity index (χ0) is 9.80. The Balaban J connectivity index is 2.21. The van der Waals surface area contributed by atoms with Crippen molar-refractivity contribution in [1.82, 2.24) is 0 Å². The predicted octanol–water partition coefficient (Wildman–Crippen LogP) is 2.13. The van der Waals surface area contributed by atoms with E-state index in [1.807, 2.05) is 31.2 Å². The molecule has 0 amide bonds. The monoisotopic (exact) mass is 194 g/mol. The third kappa shape index (κ3) is 1.89. The lowest BCUT2D eigenvalue weighted by molar-refractivity contribution is -0.0457. The molecule has 0 aliphatic carbocycles. The Morgan fingerprint density at radius 2 is 2.00 bits per heavy atom. The van der Waals surface area contributed by atoms with Gasteiger partial charge in [0.15, 0.2) is 6.29 Å². The van der Waals surface area contributed by atoms with Crippen molar-refractivity contribution in [3.05, 3.63) is 29.8 Å². The predicted molar refractivity (Wildman–Crippen MR) is 52.3 cm³/mol. The summed E-state index contributed by atoms with van der Waals surface area (Å²) in [4.78, 5) is 0. The summed E-state index contributed by atoms with van der Waals surface area (Å²) in [7, 11) is 0. The van der Waals surface area contributed by atoms with Crippen LogP contribution in [0.3, 0.4) is 0 Å². The van der Waals surface area contributed by atoms with Crippen LogP contribution >= 0.6 is 0 Å². The highest BCUT2D eigenvalue weighted by atomic mass is 16.7. The Morgan fingerprint density at radius 1 is 1.29 bits per heavy atom. The third-order valence-electron chi connectivity index (χ3n) is 2.09. The molecule has 1 heterocycles. The molecule has 1 aliphatic rings. The van der Waals surface area contributed by atoms with Crippen LogP contribution in [0.1, 0.15) is 18.8 Å². The molecule has 1 aromatic rings. The van der Waals surface area contributed by atoms with Crippen LogP contribution < -0.4 is 4.74 Å². The second-order valence-electron chi connectivity index (χ2n) is 3.04. The van der Waals surface area contributed by atoms with Gasteiger partial charge in [-0.25, -0.2) is 0 Å². The summed E-state index contributed by atoms with van der Waals surface area (Å²) < 4.78 is 16.3. The molecular formula is C11H14O3. The molecule has 0 bridgehead atoms. The number of hydrogen-bond acceptors (Lipinski definition) is 3. The summed E-state index contributed by atoms with van der Waals surface area (Å²) in [6.45, 7) is 3.94. The van der Waals surface area contributed by atoms with Gasteiger partial charge in [0.05, 0.1) is 19.8 Å². The summed E-state index contributed by atoms with van der Waals surface area (Å²) in [5.41, 5.74) is 0.979. The fourth-order valence-electron chi connectivity index (χ4n) is 1.50. The summed E-state index contributed by atoms with van der Waals surface area (Å²) in [5.74, 6) is 0.849. The molecule has 1 aliphatic heterocycles. The lowest BCUT2D eigenvalue weighted by Crippen LogP contribution is -2.02. The molecule has 0 saturated carbocycles. The van der Waals surface area contributed by atoms with E-state index in [2.05, 4.69) is 0 Å². The molecule has 0 atom stereocenters. The van der Waals surface area contributed by atoms with E-state index in [-0.39, 0.29) is 6.29 Å². The summed E-state index contributed by atoms with van der Waals surface area (Å²) in [6.07, 6.45) is -0.252. The van der Waals surface area contributed by atoms with Gasteiger partial charge >= 0.3 is 0 Å². The van der Waals surface area contributed by atoms with Crippen molar-refractivity contribution in [2.24, 2.45) is 0 Å². The van der Waals surface area contributed by atoms with Crippen LogP contribution in [-0.4, -0.2) is 19.8 Å². The molecule has 3 nitrogen and oxygen atoms in total. The summed E-state index contributed by atoms with van der Waals surface area (Å²) in [6, 6.07) is 7.82. The minimum absolute atomic E-state index is 0.252. The summed E-state index contributed by atoms with van der Waals surface area (Å²) in [5, 5.41) is 0. The fourth-order valence-corrected chi connectivity index (χ4v) is 1.50. The lowest BCUT2D eigenvalue weighted by atomic mass is 10.2. The standard InChI is InChI=1S/C11H14O3/c1-2-12-10-6-4-3-5-9(10)11-13-7-8-14-11/h3-6,11H,2,7-8H2,1H3. The van der Waals surface area contributed by atoms with Gasteiger partial charge in [-0.05, 0) is 13.0 Å². The smallest absolute Gasteiger partial charge is 0.187 e. The number of rotatable bonds is 3. The van der Waals surface area contributed by atoms with Gasteiger partial charge in [-0.3, -0.25) is 0 Å². The average molecular weight is 194 g/mol. The molecule has 2 rings (SSSR count). The third-order valence-corrected chi connectivity index (χ3v) is 2.09. The molecule has 1 fully saturated rings.